The van der Waals surface area contributed by atoms with E-state index in [4.69, 9.17) is 11.5 Å². The quantitative estimate of drug-likeness (QED) is 0.204. The molecule has 3 unspecified atom stereocenters. The molecule has 0 saturated heterocycles. The molecule has 0 aromatic heterocycles. The van der Waals surface area contributed by atoms with Crippen LogP contribution >= 0.6 is 0 Å². The van der Waals surface area contributed by atoms with Crippen LogP contribution in [0.5, 0.6) is 0 Å². The maximum absolute atomic E-state index is 6.24. The van der Waals surface area contributed by atoms with Crippen molar-refractivity contribution in [2.24, 2.45) is 28.2 Å². The summed E-state index contributed by atoms with van der Waals surface area (Å²) in [5.41, 5.74) is 21.9. The highest BCUT2D eigenvalue weighted by Crippen LogP contribution is 2.42. The van der Waals surface area contributed by atoms with Crippen molar-refractivity contribution in [2.75, 3.05) is 0 Å². The van der Waals surface area contributed by atoms with Gasteiger partial charge in [0.25, 0.3) is 0 Å². The molecule has 2 nitrogen and oxygen atoms in total. The summed E-state index contributed by atoms with van der Waals surface area (Å²) in [6.45, 7) is 22.2. The third-order valence-corrected chi connectivity index (χ3v) is 8.43. The normalized spacial score (nSPS) is 26.6. The average molecular weight is 567 g/mol. The largest absolute Gasteiger partial charge is 0.327 e. The number of rotatable bonds is 10. The third kappa shape index (κ3) is 11.7. The maximum Gasteiger partial charge on any atom is 0.0231 e. The van der Waals surface area contributed by atoms with Gasteiger partial charge in [-0.3, -0.25) is 0 Å². The molecule has 0 aromatic rings. The molecule has 0 aliphatic heterocycles. The lowest BCUT2D eigenvalue weighted by molar-refractivity contribution is 0.241. The molecular formula is C40H58N2. The molecule has 228 valence electrons. The van der Waals surface area contributed by atoms with Gasteiger partial charge in [0.1, 0.15) is 0 Å². The Balaban J connectivity index is 1.90. The summed E-state index contributed by atoms with van der Waals surface area (Å²) >= 11 is 0. The molecule has 0 amide bonds. The molecule has 2 aliphatic carbocycles. The molecule has 0 radical (unpaired) electrons. The van der Waals surface area contributed by atoms with E-state index >= 15 is 0 Å². The third-order valence-electron chi connectivity index (χ3n) is 8.43. The Kier molecular flexibility index (Phi) is 13.5. The van der Waals surface area contributed by atoms with Crippen molar-refractivity contribution in [1.82, 2.24) is 0 Å². The molecule has 2 rings (SSSR count). The second kappa shape index (κ2) is 16.1. The monoisotopic (exact) mass is 566 g/mol. The first-order valence-corrected chi connectivity index (χ1v) is 15.6. The van der Waals surface area contributed by atoms with E-state index in [-0.39, 0.29) is 22.9 Å². The molecule has 4 N–H and O–H groups in total. The zero-order chi connectivity index (χ0) is 31.5. The standard InChI is InChI=1S/C40H58N2/c1-29(17-13-19-31(3)21-23-37-33(5)25-35(41)27-39(37,7)8)15-11-12-16-30(2)18-14-20-32(4)22-24-38-34(6)26-36(42)28-40(38,9)10/h11-25,35-37H,26-28,41-42H2,1-10H3/b12-11+,17-13+,18-14+,23-21+,24-22+,29-15+,30-16+,31-19+,32-20+. The van der Waals surface area contributed by atoms with Crippen LogP contribution in [-0.2, 0) is 0 Å². The molecule has 0 fully saturated rings. The lowest BCUT2D eigenvalue weighted by atomic mass is 9.67. The van der Waals surface area contributed by atoms with Gasteiger partial charge in [-0.05, 0) is 77.2 Å². The van der Waals surface area contributed by atoms with Crippen LogP contribution in [-0.4, -0.2) is 12.1 Å². The maximum atomic E-state index is 6.24. The molecule has 42 heavy (non-hydrogen) atoms. The first-order valence-electron chi connectivity index (χ1n) is 15.6. The Morgan fingerprint density at radius 1 is 0.714 bits per heavy atom. The van der Waals surface area contributed by atoms with Crippen molar-refractivity contribution in [1.29, 1.82) is 0 Å². The Bertz CT molecular complexity index is 1270. The predicted molar refractivity (Wildman–Crippen MR) is 188 cm³/mol. The van der Waals surface area contributed by atoms with Gasteiger partial charge in [-0.2, -0.15) is 0 Å². The van der Waals surface area contributed by atoms with Gasteiger partial charge in [0.2, 0.25) is 0 Å². The molecular weight excluding hydrogens is 508 g/mol. The van der Waals surface area contributed by atoms with E-state index in [9.17, 15) is 0 Å². The molecule has 0 bridgehead atoms. The number of hydrogen-bond acceptors (Lipinski definition) is 2. The van der Waals surface area contributed by atoms with Crippen molar-refractivity contribution in [3.05, 3.63) is 130 Å². The van der Waals surface area contributed by atoms with Crippen molar-refractivity contribution in [3.8, 4) is 0 Å². The summed E-state index contributed by atoms with van der Waals surface area (Å²) in [4.78, 5) is 0. The molecule has 0 spiro atoms. The van der Waals surface area contributed by atoms with Crippen molar-refractivity contribution in [2.45, 2.75) is 101 Å². The molecule has 2 heteroatoms. The van der Waals surface area contributed by atoms with E-state index in [1.165, 1.54) is 39.0 Å². The zero-order valence-electron chi connectivity index (χ0n) is 28.2. The number of allylic oxidation sites excluding steroid dienone is 20. The van der Waals surface area contributed by atoms with Gasteiger partial charge in [0.15, 0.2) is 0 Å². The van der Waals surface area contributed by atoms with Crippen LogP contribution in [0.2, 0.25) is 0 Å². The summed E-state index contributed by atoms with van der Waals surface area (Å²) in [7, 11) is 0. The van der Waals surface area contributed by atoms with Crippen LogP contribution in [0.1, 0.15) is 88.5 Å². The fourth-order valence-electron chi connectivity index (χ4n) is 6.35. The van der Waals surface area contributed by atoms with Gasteiger partial charge in [0, 0.05) is 18.0 Å². The summed E-state index contributed by atoms with van der Waals surface area (Å²) in [6.07, 6.45) is 35.7. The summed E-state index contributed by atoms with van der Waals surface area (Å²) in [5, 5.41) is 0. The van der Waals surface area contributed by atoms with Crippen LogP contribution in [0.25, 0.3) is 0 Å². The second-order valence-corrected chi connectivity index (χ2v) is 13.9. The minimum absolute atomic E-state index is 0.133. The lowest BCUT2D eigenvalue weighted by Gasteiger charge is -2.39. The zero-order valence-corrected chi connectivity index (χ0v) is 28.2. The highest BCUT2D eigenvalue weighted by molar-refractivity contribution is 5.38. The Morgan fingerprint density at radius 3 is 1.74 bits per heavy atom. The van der Waals surface area contributed by atoms with Crippen LogP contribution < -0.4 is 11.5 Å². The smallest absolute Gasteiger partial charge is 0.0231 e. The fraction of sp³-hybridized carbons (Fsp3) is 0.450. The Hall–Kier alpha value is -2.94. The molecule has 0 saturated carbocycles. The molecule has 0 heterocycles. The highest BCUT2D eigenvalue weighted by Gasteiger charge is 2.34. The van der Waals surface area contributed by atoms with E-state index in [0.29, 0.717) is 5.92 Å². The first-order chi connectivity index (χ1) is 19.6. The fourth-order valence-corrected chi connectivity index (χ4v) is 6.35. The molecule has 3 atom stereocenters. The molecule has 2 aliphatic rings. The van der Waals surface area contributed by atoms with E-state index in [1.807, 2.05) is 0 Å². The van der Waals surface area contributed by atoms with Gasteiger partial charge < -0.3 is 11.5 Å². The topological polar surface area (TPSA) is 52.0 Å². The summed E-state index contributed by atoms with van der Waals surface area (Å²) in [5.74, 6) is 0.432. The minimum atomic E-state index is 0.133. The van der Waals surface area contributed by atoms with Crippen LogP contribution in [0.15, 0.2) is 130 Å². The number of nitrogens with two attached hydrogens (primary N) is 2. The van der Waals surface area contributed by atoms with E-state index in [2.05, 4.69) is 160 Å². The SMILES string of the molecule is CC1=CC(N)CC(C)(C)C1/C=C/C(C)=C/C=C/C(C)=C/C=C/C=C(C)/C=C/C=C(C)/C=C/C1=C(C)CC(N)CC1(C)C. The molecule has 0 aromatic carbocycles. The number of hydrogen-bond donors (Lipinski definition) is 2. The van der Waals surface area contributed by atoms with Crippen LogP contribution in [0, 0.1) is 16.7 Å². The van der Waals surface area contributed by atoms with Gasteiger partial charge in [-0.25, -0.2) is 0 Å². The highest BCUT2D eigenvalue weighted by atomic mass is 14.7. The average Bonchev–Trinajstić information content (AvgIpc) is 2.84. The lowest BCUT2D eigenvalue weighted by Crippen LogP contribution is -2.36. The Morgan fingerprint density at radius 2 is 1.21 bits per heavy atom. The second-order valence-electron chi connectivity index (χ2n) is 13.9. The van der Waals surface area contributed by atoms with Gasteiger partial charge in [-0.1, -0.05) is 152 Å². The van der Waals surface area contributed by atoms with Crippen LogP contribution in [0.4, 0.5) is 0 Å². The summed E-state index contributed by atoms with van der Waals surface area (Å²) < 4.78 is 0. The predicted octanol–water partition coefficient (Wildman–Crippen LogP) is 10.3. The van der Waals surface area contributed by atoms with Crippen molar-refractivity contribution >= 4 is 0 Å². The van der Waals surface area contributed by atoms with Crippen LogP contribution in [0.3, 0.4) is 0 Å². The van der Waals surface area contributed by atoms with E-state index in [1.54, 1.807) is 0 Å². The van der Waals surface area contributed by atoms with Crippen molar-refractivity contribution in [3.63, 3.8) is 0 Å². The van der Waals surface area contributed by atoms with E-state index in [0.717, 1.165) is 19.3 Å². The van der Waals surface area contributed by atoms with E-state index < -0.39 is 0 Å². The van der Waals surface area contributed by atoms with Gasteiger partial charge in [0.05, 0.1) is 0 Å². The summed E-state index contributed by atoms with van der Waals surface area (Å²) in [6, 6.07) is 0.448. The minimum Gasteiger partial charge on any atom is -0.327 e. The Labute approximate surface area is 258 Å². The van der Waals surface area contributed by atoms with Gasteiger partial charge >= 0.3 is 0 Å². The van der Waals surface area contributed by atoms with Gasteiger partial charge in [-0.15, -0.1) is 0 Å². The van der Waals surface area contributed by atoms with Crippen molar-refractivity contribution < 1.29 is 0 Å². The first kappa shape index (κ1) is 35.3.